The predicted octanol–water partition coefficient (Wildman–Crippen LogP) is 3.76. The Labute approximate surface area is 155 Å². The average molecular weight is 353 g/mol. The molecule has 0 unspecified atom stereocenters. The predicted molar refractivity (Wildman–Crippen MR) is 106 cm³/mol. The van der Waals surface area contributed by atoms with E-state index in [1.54, 1.807) is 13.2 Å². The number of hydrogen-bond donors (Lipinski definition) is 1. The highest BCUT2D eigenvalue weighted by molar-refractivity contribution is 6.02. The molecule has 0 atom stereocenters. The first kappa shape index (κ1) is 19.6. The number of ether oxygens (including phenoxy) is 1. The summed E-state index contributed by atoms with van der Waals surface area (Å²) in [5, 5.41) is 11.8. The van der Waals surface area contributed by atoms with E-state index < -0.39 is 5.91 Å². The summed E-state index contributed by atoms with van der Waals surface area (Å²) in [6.45, 7) is 9.60. The molecule has 0 saturated heterocycles. The fourth-order valence-electron chi connectivity index (χ4n) is 3.48. The van der Waals surface area contributed by atoms with E-state index in [0.717, 1.165) is 29.8 Å². The van der Waals surface area contributed by atoms with Crippen molar-refractivity contribution in [1.82, 2.24) is 5.32 Å². The first-order valence-electron chi connectivity index (χ1n) is 8.82. The van der Waals surface area contributed by atoms with Crippen molar-refractivity contribution in [3.05, 3.63) is 34.9 Å². The van der Waals surface area contributed by atoms with Gasteiger partial charge in [-0.3, -0.25) is 4.79 Å². The highest BCUT2D eigenvalue weighted by Gasteiger charge is 2.31. The summed E-state index contributed by atoms with van der Waals surface area (Å²) in [5.74, 6) is 0.236. The Morgan fingerprint density at radius 1 is 1.42 bits per heavy atom. The van der Waals surface area contributed by atoms with E-state index in [1.165, 1.54) is 12.6 Å². The number of carbonyl (C=O) groups excluding carboxylic acids is 1. The highest BCUT2D eigenvalue weighted by Crippen LogP contribution is 2.42. The molecule has 0 saturated carbocycles. The van der Waals surface area contributed by atoms with Gasteiger partial charge in [-0.15, -0.1) is 0 Å². The minimum Gasteiger partial charge on any atom is -0.496 e. The van der Waals surface area contributed by atoms with Gasteiger partial charge in [-0.1, -0.05) is 13.0 Å². The maximum Gasteiger partial charge on any atom is 0.261 e. The smallest absolute Gasteiger partial charge is 0.261 e. The molecule has 5 heteroatoms. The molecule has 1 heterocycles. The van der Waals surface area contributed by atoms with Gasteiger partial charge in [0.25, 0.3) is 5.91 Å². The summed E-state index contributed by atoms with van der Waals surface area (Å²) in [4.78, 5) is 14.2. The van der Waals surface area contributed by atoms with Crippen LogP contribution < -0.4 is 15.0 Å². The third-order valence-corrected chi connectivity index (χ3v) is 4.67. The maximum absolute atomic E-state index is 11.9. The van der Waals surface area contributed by atoms with Crippen molar-refractivity contribution in [1.29, 1.82) is 5.26 Å². The Morgan fingerprint density at radius 3 is 2.65 bits per heavy atom. The first-order valence-corrected chi connectivity index (χ1v) is 8.82. The lowest BCUT2D eigenvalue weighted by molar-refractivity contribution is -0.116. The van der Waals surface area contributed by atoms with Crippen molar-refractivity contribution in [2.24, 2.45) is 0 Å². The van der Waals surface area contributed by atoms with Crippen LogP contribution in [-0.4, -0.2) is 32.1 Å². The zero-order chi connectivity index (χ0) is 19.5. The fraction of sp³-hybridized carbons (Fsp3) is 0.429. The zero-order valence-electron chi connectivity index (χ0n) is 16.4. The summed E-state index contributed by atoms with van der Waals surface area (Å²) in [7, 11) is 3.11. The van der Waals surface area contributed by atoms with Crippen LogP contribution in [0.2, 0.25) is 0 Å². The van der Waals surface area contributed by atoms with Crippen LogP contribution in [0.1, 0.15) is 45.2 Å². The van der Waals surface area contributed by atoms with E-state index in [0.29, 0.717) is 5.75 Å². The van der Waals surface area contributed by atoms with Gasteiger partial charge in [-0.2, -0.15) is 5.26 Å². The fourth-order valence-corrected chi connectivity index (χ4v) is 3.48. The van der Waals surface area contributed by atoms with Crippen LogP contribution in [0.4, 0.5) is 5.69 Å². The Morgan fingerprint density at radius 2 is 2.12 bits per heavy atom. The van der Waals surface area contributed by atoms with Crippen LogP contribution >= 0.6 is 0 Å². The van der Waals surface area contributed by atoms with Gasteiger partial charge in [0.05, 0.1) is 12.6 Å². The molecule has 1 aliphatic rings. The minimum absolute atomic E-state index is 0.0499. The quantitative estimate of drug-likeness (QED) is 0.646. The van der Waals surface area contributed by atoms with Crippen molar-refractivity contribution in [3.8, 4) is 11.8 Å². The van der Waals surface area contributed by atoms with Crippen molar-refractivity contribution in [2.75, 3.05) is 25.6 Å². The summed E-state index contributed by atoms with van der Waals surface area (Å²) in [6, 6.07) is 5.96. The van der Waals surface area contributed by atoms with Crippen molar-refractivity contribution < 1.29 is 9.53 Å². The molecule has 0 spiro atoms. The normalized spacial score (nSPS) is 15.7. The monoisotopic (exact) mass is 353 g/mol. The number of likely N-dealkylation sites (N-methyl/N-ethyl adjacent to an activating group) is 1. The standard InChI is InChI=1S/C21H27N3O2/c1-7-8-24-18-11-19(26-6)15(9-16(13-22)20(25)23-5)10-17(18)14(2)12-21(24,3)4/h9-12H,7-8H2,1-6H3,(H,23,25)/b16-9+. The molecular formula is C21H27N3O2. The summed E-state index contributed by atoms with van der Waals surface area (Å²) in [6.07, 6.45) is 4.87. The number of anilines is 1. The SMILES string of the molecule is CCCN1c2cc(OC)c(/C=C(\C#N)C(=O)NC)cc2C(C)=CC1(C)C. The van der Waals surface area contributed by atoms with Crippen molar-refractivity contribution >= 4 is 23.2 Å². The second-order valence-electron chi connectivity index (χ2n) is 6.99. The Balaban J connectivity index is 2.68. The molecule has 1 N–H and O–H groups in total. The zero-order valence-corrected chi connectivity index (χ0v) is 16.4. The largest absolute Gasteiger partial charge is 0.496 e. The molecule has 5 nitrogen and oxygen atoms in total. The third-order valence-electron chi connectivity index (χ3n) is 4.67. The van der Waals surface area contributed by atoms with E-state index in [4.69, 9.17) is 4.74 Å². The number of hydrogen-bond acceptors (Lipinski definition) is 4. The molecular weight excluding hydrogens is 326 g/mol. The average Bonchev–Trinajstić information content (AvgIpc) is 2.61. The van der Waals surface area contributed by atoms with E-state index in [-0.39, 0.29) is 11.1 Å². The number of nitrogens with one attached hydrogen (secondary N) is 1. The molecule has 2 rings (SSSR count). The topological polar surface area (TPSA) is 65.4 Å². The van der Waals surface area contributed by atoms with Crippen LogP contribution in [0, 0.1) is 11.3 Å². The molecule has 0 fully saturated rings. The summed E-state index contributed by atoms with van der Waals surface area (Å²) in [5.41, 5.74) is 4.07. The number of benzene rings is 1. The van der Waals surface area contributed by atoms with Gasteiger partial charge in [0.2, 0.25) is 0 Å². The van der Waals surface area contributed by atoms with Gasteiger partial charge in [0, 0.05) is 36.5 Å². The highest BCUT2D eigenvalue weighted by atomic mass is 16.5. The van der Waals surface area contributed by atoms with Crippen molar-refractivity contribution in [3.63, 3.8) is 0 Å². The van der Waals surface area contributed by atoms with Crippen LogP contribution in [0.5, 0.6) is 5.75 Å². The summed E-state index contributed by atoms with van der Waals surface area (Å²) >= 11 is 0. The molecule has 0 aromatic heterocycles. The number of amides is 1. The molecule has 26 heavy (non-hydrogen) atoms. The van der Waals surface area contributed by atoms with Gasteiger partial charge in [-0.25, -0.2) is 0 Å². The second kappa shape index (κ2) is 7.65. The van der Waals surface area contributed by atoms with Crippen LogP contribution in [-0.2, 0) is 4.79 Å². The molecule has 1 aromatic carbocycles. The van der Waals surface area contributed by atoms with E-state index in [2.05, 4.69) is 44.0 Å². The molecule has 0 bridgehead atoms. The van der Waals surface area contributed by atoms with E-state index in [9.17, 15) is 10.1 Å². The lowest BCUT2D eigenvalue weighted by Crippen LogP contribution is -2.45. The summed E-state index contributed by atoms with van der Waals surface area (Å²) < 4.78 is 5.57. The molecule has 0 aliphatic carbocycles. The van der Waals surface area contributed by atoms with Gasteiger partial charge >= 0.3 is 0 Å². The van der Waals surface area contributed by atoms with Gasteiger partial charge in [0.15, 0.2) is 0 Å². The van der Waals surface area contributed by atoms with Gasteiger partial charge < -0.3 is 15.0 Å². The number of nitrogens with zero attached hydrogens (tertiary/aromatic N) is 2. The molecule has 1 aliphatic heterocycles. The first-order chi connectivity index (χ1) is 12.3. The van der Waals surface area contributed by atoms with Gasteiger partial charge in [-0.05, 0) is 44.9 Å². The molecule has 0 radical (unpaired) electrons. The molecule has 1 aromatic rings. The maximum atomic E-state index is 11.9. The van der Waals surface area contributed by atoms with Crippen LogP contribution in [0.15, 0.2) is 23.8 Å². The molecule has 138 valence electrons. The number of carbonyl (C=O) groups is 1. The lowest BCUT2D eigenvalue weighted by atomic mass is 9.87. The van der Waals surface area contributed by atoms with Gasteiger partial charge in [0.1, 0.15) is 17.4 Å². The Hall–Kier alpha value is -2.74. The molecule has 1 amide bonds. The Kier molecular flexibility index (Phi) is 5.76. The minimum atomic E-state index is -0.409. The van der Waals surface area contributed by atoms with E-state index in [1.807, 2.05) is 18.2 Å². The van der Waals surface area contributed by atoms with Crippen molar-refractivity contribution in [2.45, 2.75) is 39.7 Å². The number of fused-ring (bicyclic) bond motifs is 1. The van der Waals surface area contributed by atoms with E-state index >= 15 is 0 Å². The van der Waals surface area contributed by atoms with Crippen LogP contribution in [0.3, 0.4) is 0 Å². The number of allylic oxidation sites excluding steroid dienone is 1. The Bertz CT molecular complexity index is 813. The van der Waals surface area contributed by atoms with Crippen LogP contribution in [0.25, 0.3) is 11.6 Å². The number of rotatable bonds is 5. The number of methoxy groups -OCH3 is 1. The number of nitriles is 1. The second-order valence-corrected chi connectivity index (χ2v) is 6.99. The lowest BCUT2D eigenvalue weighted by Gasteiger charge is -2.43. The third kappa shape index (κ3) is 3.60.